The maximum absolute atomic E-state index is 14.6. The topological polar surface area (TPSA) is 146 Å². The first kappa shape index (κ1) is 45.0. The minimum Gasteiger partial charge on any atom is -0.459 e. The summed E-state index contributed by atoms with van der Waals surface area (Å²) in [5.41, 5.74) is 0.572. The summed E-state index contributed by atoms with van der Waals surface area (Å²) in [7, 11) is 3.79. The van der Waals surface area contributed by atoms with Gasteiger partial charge in [0.05, 0.1) is 36.5 Å². The first-order valence-electron chi connectivity index (χ1n) is 20.8. The van der Waals surface area contributed by atoms with E-state index in [2.05, 4.69) is 29.0 Å². The van der Waals surface area contributed by atoms with Crippen LogP contribution >= 0.6 is 0 Å². The van der Waals surface area contributed by atoms with Gasteiger partial charge in [-0.15, -0.1) is 0 Å². The first-order chi connectivity index (χ1) is 26.9. The summed E-state index contributed by atoms with van der Waals surface area (Å²) in [6.45, 7) is 20.5. The number of carbonyl (C=O) groups is 3. The Bertz CT molecular complexity index is 1740. The molecule has 0 bridgehead atoms. The molecule has 2 N–H and O–H groups in total. The Morgan fingerprint density at radius 2 is 1.75 bits per heavy atom. The number of cyclic esters (lactones) is 1. The molecule has 0 amide bonds. The smallest absolute Gasteiger partial charge is 0.316 e. The second-order valence-electron chi connectivity index (χ2n) is 17.5. The zero-order valence-corrected chi connectivity index (χ0v) is 35.8. The molecule has 0 spiro atoms. The molecule has 316 valence electrons. The van der Waals surface area contributed by atoms with Crippen LogP contribution in [0.4, 0.5) is 0 Å². The predicted octanol–water partition coefficient (Wildman–Crippen LogP) is 5.32. The highest BCUT2D eigenvalue weighted by molar-refractivity contribution is 6.00. The lowest BCUT2D eigenvalue weighted by atomic mass is 9.69. The van der Waals surface area contributed by atoms with Crippen LogP contribution in [0.3, 0.4) is 0 Å². The minimum absolute atomic E-state index is 0.0191. The molecule has 0 radical (unpaired) electrons. The van der Waals surface area contributed by atoms with Crippen molar-refractivity contribution >= 4 is 28.4 Å². The van der Waals surface area contributed by atoms with Gasteiger partial charge in [-0.1, -0.05) is 52.5 Å². The molecule has 3 aliphatic heterocycles. The quantitative estimate of drug-likeness (QED) is 0.131. The number of nitrogens with one attached hydrogen (secondary N) is 1. The number of hydrogen-bond donors (Lipinski definition) is 2. The van der Waals surface area contributed by atoms with Gasteiger partial charge in [-0.3, -0.25) is 19.4 Å². The van der Waals surface area contributed by atoms with Crippen molar-refractivity contribution in [3.63, 3.8) is 0 Å². The van der Waals surface area contributed by atoms with E-state index >= 15 is 0 Å². The Morgan fingerprint density at radius 1 is 1.04 bits per heavy atom. The molecule has 2 aromatic rings. The Morgan fingerprint density at radius 3 is 2.46 bits per heavy atom. The molecule has 6 unspecified atom stereocenters. The third kappa shape index (κ3) is 9.86. The summed E-state index contributed by atoms with van der Waals surface area (Å²) in [5, 5.41) is 16.2. The maximum Gasteiger partial charge on any atom is 0.316 e. The van der Waals surface area contributed by atoms with Crippen LogP contribution in [0, 0.1) is 29.6 Å². The van der Waals surface area contributed by atoms with E-state index in [0.717, 1.165) is 28.5 Å². The average Bonchev–Trinajstić information content (AvgIpc) is 3.49. The zero-order valence-electron chi connectivity index (χ0n) is 35.8. The van der Waals surface area contributed by atoms with Crippen LogP contribution in [-0.2, 0) is 44.5 Å². The third-order valence-corrected chi connectivity index (χ3v) is 12.8. The van der Waals surface area contributed by atoms with Crippen molar-refractivity contribution in [1.82, 2.24) is 15.2 Å². The summed E-state index contributed by atoms with van der Waals surface area (Å²) in [4.78, 5) is 49.5. The van der Waals surface area contributed by atoms with Crippen LogP contribution in [0.5, 0.6) is 0 Å². The molecule has 3 aliphatic rings. The number of aromatic nitrogens is 1. The SMILES string of the molecule is C=C1CO[C@]2(C)C(CC)OC(=O)[C@H](C)C(=O)[C@H](C)[C@@H](O[C@H]3O[C@@H](C)CC(N(C)C)[C@@H]3O)C(C)(OCCNCCc3cnc4ccccc4c3)CC(C)C(=O)C(C)C12. The monoisotopic (exact) mass is 793 g/mol. The number of likely N-dealkylation sites (N-methyl/N-ethyl adjacent to an activating group) is 1. The molecule has 57 heavy (non-hydrogen) atoms. The van der Waals surface area contributed by atoms with E-state index in [9.17, 15) is 19.5 Å². The molecule has 4 heterocycles. The molecular formula is C45H67N3O9. The summed E-state index contributed by atoms with van der Waals surface area (Å²) in [6.07, 6.45) is -0.266. The molecule has 1 aromatic heterocycles. The van der Waals surface area contributed by atoms with Gasteiger partial charge < -0.3 is 39.0 Å². The van der Waals surface area contributed by atoms with E-state index in [0.29, 0.717) is 25.9 Å². The first-order valence-corrected chi connectivity index (χ1v) is 20.8. The van der Waals surface area contributed by atoms with Crippen LogP contribution < -0.4 is 5.32 Å². The number of aliphatic hydroxyl groups is 1. The van der Waals surface area contributed by atoms with Crippen LogP contribution in [0.15, 0.2) is 48.7 Å². The lowest BCUT2D eigenvalue weighted by molar-refractivity contribution is -0.297. The van der Waals surface area contributed by atoms with Crippen LogP contribution in [0.25, 0.3) is 10.9 Å². The number of ketones is 2. The fourth-order valence-electron chi connectivity index (χ4n) is 9.62. The molecule has 0 aliphatic carbocycles. The Balaban J connectivity index is 1.46. The predicted molar refractivity (Wildman–Crippen MR) is 218 cm³/mol. The molecule has 12 nitrogen and oxygen atoms in total. The van der Waals surface area contributed by atoms with Crippen molar-refractivity contribution in [2.45, 2.75) is 129 Å². The Labute approximate surface area is 339 Å². The number of aliphatic hydroxyl groups excluding tert-OH is 1. The summed E-state index contributed by atoms with van der Waals surface area (Å²) in [6, 6.07) is 9.91. The minimum atomic E-state index is -1.25. The van der Waals surface area contributed by atoms with Crippen molar-refractivity contribution in [2.75, 3.05) is 40.4 Å². The number of benzene rings is 1. The van der Waals surface area contributed by atoms with Gasteiger partial charge in [0.2, 0.25) is 0 Å². The molecule has 0 saturated carbocycles. The number of Topliss-reactive ketones (excluding diaryl/α,β-unsaturated/α-hetero) is 2. The summed E-state index contributed by atoms with van der Waals surface area (Å²) >= 11 is 0. The maximum atomic E-state index is 14.6. The number of nitrogens with zero attached hydrogens (tertiary/aromatic N) is 2. The molecule has 3 fully saturated rings. The van der Waals surface area contributed by atoms with Crippen molar-refractivity contribution in [3.8, 4) is 0 Å². The number of pyridine rings is 1. The number of ether oxygens (including phenoxy) is 5. The fourth-order valence-corrected chi connectivity index (χ4v) is 9.62. The van der Waals surface area contributed by atoms with Gasteiger partial charge >= 0.3 is 5.97 Å². The highest BCUT2D eigenvalue weighted by atomic mass is 16.7. The van der Waals surface area contributed by atoms with Gasteiger partial charge in [0.1, 0.15) is 29.5 Å². The standard InChI is InChI=1S/C45H67N3O9/c1-12-36-45(9)37(27(3)25-54-45)29(5)38(49)26(2)23-44(8,53-20-19-46-18-17-32-22-33-15-13-14-16-34(33)47-24-32)41(30(6)39(50)31(7)42(52)56-36)57-43-40(51)35(48(10)11)21-28(4)55-43/h13-16,22,24,26,28-31,35-37,40-41,43,46,51H,3,12,17-21,23,25H2,1-2,4-11H3/t26?,28-,29?,30-,31+,35?,36?,37?,40-,41+,43+,44?,45+/m0/s1. The van der Waals surface area contributed by atoms with Gasteiger partial charge in [0, 0.05) is 47.8 Å². The van der Waals surface area contributed by atoms with E-state index in [1.165, 1.54) is 0 Å². The fraction of sp³-hybridized carbons (Fsp3) is 0.689. The van der Waals surface area contributed by atoms with Gasteiger partial charge in [0.25, 0.3) is 0 Å². The van der Waals surface area contributed by atoms with E-state index in [4.69, 9.17) is 23.7 Å². The number of para-hydroxylation sites is 1. The lowest BCUT2D eigenvalue weighted by Crippen LogP contribution is -2.59. The number of fused-ring (bicyclic) bond motifs is 2. The molecule has 1 aromatic carbocycles. The van der Waals surface area contributed by atoms with Crippen molar-refractivity contribution in [2.24, 2.45) is 29.6 Å². The number of hydrogen-bond acceptors (Lipinski definition) is 12. The summed E-state index contributed by atoms with van der Waals surface area (Å²) in [5.74, 6) is -4.65. The van der Waals surface area contributed by atoms with E-state index in [1.54, 1.807) is 13.8 Å². The van der Waals surface area contributed by atoms with E-state index in [1.807, 2.05) is 84.9 Å². The molecule has 13 atom stereocenters. The van der Waals surface area contributed by atoms with Gasteiger partial charge in [0.15, 0.2) is 12.1 Å². The van der Waals surface area contributed by atoms with Gasteiger partial charge in [-0.25, -0.2) is 0 Å². The molecule has 3 saturated heterocycles. The largest absolute Gasteiger partial charge is 0.459 e. The Hall–Kier alpha value is -3.10. The highest BCUT2D eigenvalue weighted by Gasteiger charge is 2.55. The zero-order chi connectivity index (χ0) is 41.8. The molecular weight excluding hydrogens is 727 g/mol. The third-order valence-electron chi connectivity index (χ3n) is 12.8. The lowest BCUT2D eigenvalue weighted by Gasteiger charge is -2.47. The van der Waals surface area contributed by atoms with Crippen LogP contribution in [0.2, 0.25) is 0 Å². The summed E-state index contributed by atoms with van der Waals surface area (Å²) < 4.78 is 32.3. The van der Waals surface area contributed by atoms with Crippen LogP contribution in [-0.4, -0.2) is 121 Å². The average molecular weight is 794 g/mol. The normalized spacial score (nSPS) is 37.3. The van der Waals surface area contributed by atoms with Gasteiger partial charge in [-0.05, 0) is 97.3 Å². The van der Waals surface area contributed by atoms with Crippen molar-refractivity contribution in [1.29, 1.82) is 0 Å². The van der Waals surface area contributed by atoms with Gasteiger partial charge in [-0.2, -0.15) is 0 Å². The molecule has 5 rings (SSSR count). The second kappa shape index (κ2) is 18.9. The number of esters is 1. The Kier molecular flexibility index (Phi) is 14.9. The van der Waals surface area contributed by atoms with E-state index in [-0.39, 0.29) is 37.6 Å². The van der Waals surface area contributed by atoms with Crippen LogP contribution in [0.1, 0.15) is 80.2 Å². The molecule has 12 heteroatoms. The van der Waals surface area contributed by atoms with Crippen molar-refractivity contribution < 1.29 is 43.2 Å². The number of carbonyl (C=O) groups excluding carboxylic acids is 3. The number of rotatable bonds is 11. The van der Waals surface area contributed by atoms with E-state index < -0.39 is 77.1 Å². The van der Waals surface area contributed by atoms with Crippen molar-refractivity contribution in [3.05, 3.63) is 54.2 Å². The second-order valence-corrected chi connectivity index (χ2v) is 17.5. The highest BCUT2D eigenvalue weighted by Crippen LogP contribution is 2.46.